The van der Waals surface area contributed by atoms with Crippen LogP contribution in [-0.2, 0) is 26.1 Å². The topological polar surface area (TPSA) is 95.6 Å². The summed E-state index contributed by atoms with van der Waals surface area (Å²) in [5.41, 5.74) is 0. The van der Waals surface area contributed by atoms with E-state index in [0.717, 1.165) is 0 Å². The third-order valence-corrected chi connectivity index (χ3v) is 5.18. The van der Waals surface area contributed by atoms with Crippen molar-refractivity contribution < 1.29 is 17.9 Å². The summed E-state index contributed by atoms with van der Waals surface area (Å²) in [6.07, 6.45) is 3.25. The molecule has 2 heterocycles. The molecule has 21 heavy (non-hydrogen) atoms. The van der Waals surface area contributed by atoms with Gasteiger partial charge < -0.3 is 14.6 Å². The van der Waals surface area contributed by atoms with E-state index in [1.54, 1.807) is 19.4 Å². The lowest BCUT2D eigenvalue weighted by atomic mass is 10.4. The molecule has 118 valence electrons. The van der Waals surface area contributed by atoms with Crippen LogP contribution in [-0.4, -0.2) is 72.6 Å². The molecule has 0 spiro atoms. The lowest BCUT2D eigenvalue weighted by molar-refractivity contribution is -0.130. The van der Waals surface area contributed by atoms with E-state index in [1.807, 2.05) is 0 Å². The quantitative estimate of drug-likeness (QED) is 0.757. The van der Waals surface area contributed by atoms with E-state index in [-0.39, 0.29) is 18.1 Å². The molecule has 1 fully saturated rings. The van der Waals surface area contributed by atoms with Gasteiger partial charge in [-0.05, 0) is 0 Å². The zero-order chi connectivity index (χ0) is 15.3. The fraction of sp³-hybridized carbons (Fsp3) is 0.667. The maximum Gasteiger partial charge on any atom is 0.223 e. The van der Waals surface area contributed by atoms with E-state index < -0.39 is 10.0 Å². The van der Waals surface area contributed by atoms with Crippen LogP contribution in [0.5, 0.6) is 0 Å². The highest BCUT2D eigenvalue weighted by molar-refractivity contribution is 7.89. The predicted molar refractivity (Wildman–Crippen MR) is 75.9 cm³/mol. The predicted octanol–water partition coefficient (Wildman–Crippen LogP) is -0.580. The van der Waals surface area contributed by atoms with Gasteiger partial charge >= 0.3 is 0 Å². The van der Waals surface area contributed by atoms with Gasteiger partial charge in [-0.25, -0.2) is 13.4 Å². The summed E-state index contributed by atoms with van der Waals surface area (Å²) in [6, 6.07) is 0. The van der Waals surface area contributed by atoms with Crippen LogP contribution in [0.3, 0.4) is 0 Å². The maximum atomic E-state index is 12.1. The van der Waals surface area contributed by atoms with Gasteiger partial charge in [-0.2, -0.15) is 4.31 Å². The molecule has 8 nitrogen and oxygen atoms in total. The minimum atomic E-state index is -3.39. The standard InChI is InChI=1S/C12H20N4O4S/c1-15(10-11-13-3-4-14-11)12(17)2-9-21(18,19)16-5-7-20-8-6-16/h3-4H,2,5-10H2,1H3,(H,13,14). The SMILES string of the molecule is CN(Cc1ncc[nH]1)C(=O)CCS(=O)(=O)N1CCOCC1. The van der Waals surface area contributed by atoms with Crippen LogP contribution in [0.25, 0.3) is 0 Å². The molecule has 0 aromatic carbocycles. The minimum Gasteiger partial charge on any atom is -0.379 e. The zero-order valence-corrected chi connectivity index (χ0v) is 12.8. The first-order valence-corrected chi connectivity index (χ1v) is 8.38. The molecule has 0 radical (unpaired) electrons. The Morgan fingerprint density at radius 3 is 2.81 bits per heavy atom. The second kappa shape index (κ2) is 7.01. The Labute approximate surface area is 124 Å². The molecular formula is C12H20N4O4S. The normalized spacial score (nSPS) is 16.8. The highest BCUT2D eigenvalue weighted by Crippen LogP contribution is 2.08. The minimum absolute atomic E-state index is 0.0309. The second-order valence-corrected chi connectivity index (χ2v) is 6.95. The largest absolute Gasteiger partial charge is 0.379 e. The van der Waals surface area contributed by atoms with Crippen LogP contribution in [0.4, 0.5) is 0 Å². The number of aromatic amines is 1. The molecule has 1 aromatic rings. The first kappa shape index (κ1) is 15.9. The van der Waals surface area contributed by atoms with E-state index in [2.05, 4.69) is 9.97 Å². The average Bonchev–Trinajstić information content (AvgIpc) is 2.98. The van der Waals surface area contributed by atoms with Gasteiger partial charge in [-0.15, -0.1) is 0 Å². The van der Waals surface area contributed by atoms with Gasteiger partial charge in [-0.3, -0.25) is 4.79 Å². The molecule has 1 N–H and O–H groups in total. The number of carbonyl (C=O) groups is 1. The van der Waals surface area contributed by atoms with E-state index >= 15 is 0 Å². The molecule has 1 aromatic heterocycles. The third kappa shape index (κ3) is 4.51. The number of H-pyrrole nitrogens is 1. The summed E-state index contributed by atoms with van der Waals surface area (Å²) in [4.78, 5) is 20.4. The van der Waals surface area contributed by atoms with Crippen LogP contribution in [0.15, 0.2) is 12.4 Å². The Bertz CT molecular complexity index is 552. The molecule has 9 heteroatoms. The van der Waals surface area contributed by atoms with E-state index in [1.165, 1.54) is 9.21 Å². The molecule has 1 amide bonds. The summed E-state index contributed by atoms with van der Waals surface area (Å²) >= 11 is 0. The lowest BCUT2D eigenvalue weighted by Crippen LogP contribution is -2.42. The van der Waals surface area contributed by atoms with E-state index in [4.69, 9.17) is 4.74 Å². The van der Waals surface area contributed by atoms with Crippen molar-refractivity contribution in [3.63, 3.8) is 0 Å². The number of morpholine rings is 1. The molecule has 0 saturated carbocycles. The summed E-state index contributed by atoms with van der Waals surface area (Å²) in [5.74, 6) is 0.277. The fourth-order valence-electron chi connectivity index (χ4n) is 2.06. The van der Waals surface area contributed by atoms with Crippen LogP contribution < -0.4 is 0 Å². The molecule has 2 rings (SSSR count). The lowest BCUT2D eigenvalue weighted by Gasteiger charge is -2.26. The van der Waals surface area contributed by atoms with E-state index in [9.17, 15) is 13.2 Å². The van der Waals surface area contributed by atoms with Crippen LogP contribution >= 0.6 is 0 Å². The van der Waals surface area contributed by atoms with Crippen LogP contribution in [0.1, 0.15) is 12.2 Å². The Kier molecular flexibility index (Phi) is 5.32. The summed E-state index contributed by atoms with van der Waals surface area (Å²) < 4.78 is 30.7. The highest BCUT2D eigenvalue weighted by Gasteiger charge is 2.25. The van der Waals surface area contributed by atoms with Gasteiger partial charge in [0.05, 0.1) is 25.5 Å². The Morgan fingerprint density at radius 1 is 1.48 bits per heavy atom. The van der Waals surface area contributed by atoms with Gasteiger partial charge in [0.2, 0.25) is 15.9 Å². The smallest absolute Gasteiger partial charge is 0.223 e. The molecule has 0 atom stereocenters. The maximum absolute atomic E-state index is 12.1. The van der Waals surface area contributed by atoms with Gasteiger partial charge in [-0.1, -0.05) is 0 Å². The number of carbonyl (C=O) groups excluding carboxylic acids is 1. The Morgan fingerprint density at radius 2 is 2.19 bits per heavy atom. The number of amides is 1. The summed E-state index contributed by atoms with van der Waals surface area (Å²) in [6.45, 7) is 1.87. The number of rotatable bonds is 6. The van der Waals surface area contributed by atoms with Crippen molar-refractivity contribution in [1.29, 1.82) is 0 Å². The zero-order valence-electron chi connectivity index (χ0n) is 12.0. The number of hydrogen-bond donors (Lipinski definition) is 1. The monoisotopic (exact) mass is 316 g/mol. The van der Waals surface area contributed by atoms with Gasteiger partial charge in [0.1, 0.15) is 5.82 Å². The first-order chi connectivity index (χ1) is 9.99. The van der Waals surface area contributed by atoms with Crippen LogP contribution in [0, 0.1) is 0 Å². The summed E-state index contributed by atoms with van der Waals surface area (Å²) in [7, 11) is -1.76. The van der Waals surface area contributed by atoms with Crippen LogP contribution in [0.2, 0.25) is 0 Å². The van der Waals surface area contributed by atoms with Crippen molar-refractivity contribution in [2.75, 3.05) is 39.1 Å². The van der Waals surface area contributed by atoms with Crippen molar-refractivity contribution in [3.8, 4) is 0 Å². The van der Waals surface area contributed by atoms with Crippen molar-refractivity contribution >= 4 is 15.9 Å². The molecular weight excluding hydrogens is 296 g/mol. The van der Waals surface area contributed by atoms with E-state index in [0.29, 0.717) is 38.7 Å². The molecule has 0 aliphatic carbocycles. The second-order valence-electron chi connectivity index (χ2n) is 4.86. The number of nitrogens with zero attached hydrogens (tertiary/aromatic N) is 3. The summed E-state index contributed by atoms with van der Waals surface area (Å²) in [5, 5.41) is 0. The van der Waals surface area contributed by atoms with Crippen molar-refractivity contribution in [2.24, 2.45) is 0 Å². The third-order valence-electron chi connectivity index (χ3n) is 3.30. The number of aromatic nitrogens is 2. The Hall–Kier alpha value is -1.45. The molecule has 1 saturated heterocycles. The number of sulfonamides is 1. The first-order valence-electron chi connectivity index (χ1n) is 6.77. The molecule has 1 aliphatic rings. The number of nitrogens with one attached hydrogen (secondary N) is 1. The van der Waals surface area contributed by atoms with Crippen molar-refractivity contribution in [1.82, 2.24) is 19.2 Å². The number of imidazole rings is 1. The number of hydrogen-bond acceptors (Lipinski definition) is 5. The highest BCUT2D eigenvalue weighted by atomic mass is 32.2. The van der Waals surface area contributed by atoms with Crippen molar-refractivity contribution in [3.05, 3.63) is 18.2 Å². The molecule has 1 aliphatic heterocycles. The van der Waals surface area contributed by atoms with Crippen molar-refractivity contribution in [2.45, 2.75) is 13.0 Å². The average molecular weight is 316 g/mol. The molecule has 0 unspecified atom stereocenters. The molecule has 0 bridgehead atoms. The Balaban J connectivity index is 1.82. The van der Waals surface area contributed by atoms with Gasteiger partial charge in [0.15, 0.2) is 0 Å². The fourth-order valence-corrected chi connectivity index (χ4v) is 3.45. The van der Waals surface area contributed by atoms with Gasteiger partial charge in [0.25, 0.3) is 0 Å². The number of ether oxygens (including phenoxy) is 1. The van der Waals surface area contributed by atoms with Gasteiger partial charge in [0, 0.05) is 39.0 Å².